The number of benzene rings is 1. The molecule has 0 spiro atoms. The van der Waals surface area contributed by atoms with Gasteiger partial charge in [-0.3, -0.25) is 14.3 Å². The number of carbonyl (C=O) groups is 2. The molecule has 0 atom stereocenters. The summed E-state index contributed by atoms with van der Waals surface area (Å²) in [6, 6.07) is 11.7. The van der Waals surface area contributed by atoms with E-state index in [2.05, 4.69) is 10.4 Å². The molecule has 0 saturated carbocycles. The van der Waals surface area contributed by atoms with Gasteiger partial charge in [0.15, 0.2) is 0 Å². The number of hydrogen-bond acceptors (Lipinski definition) is 4. The minimum absolute atomic E-state index is 0.0145. The number of hydrogen-bond donors (Lipinski definition) is 1. The average Bonchev–Trinajstić information content (AvgIpc) is 2.91. The Morgan fingerprint density at radius 2 is 2.04 bits per heavy atom. The van der Waals surface area contributed by atoms with Crippen molar-refractivity contribution < 1.29 is 14.3 Å². The van der Waals surface area contributed by atoms with Crippen LogP contribution >= 0.6 is 0 Å². The summed E-state index contributed by atoms with van der Waals surface area (Å²) >= 11 is 0. The maximum Gasteiger partial charge on any atom is 0.246 e. The van der Waals surface area contributed by atoms with Crippen LogP contribution in [0.25, 0.3) is 0 Å². The lowest BCUT2D eigenvalue weighted by atomic mass is 10.2. The quantitative estimate of drug-likeness (QED) is 0.850. The number of nitrogens with zero attached hydrogens (tertiary/aromatic N) is 3. The van der Waals surface area contributed by atoms with Crippen LogP contribution in [-0.2, 0) is 40.6 Å². The Bertz CT molecular complexity index is 757. The fraction of sp³-hybridized carbons (Fsp3) is 0.421. The summed E-state index contributed by atoms with van der Waals surface area (Å²) in [5, 5.41) is 7.35. The third-order valence-electron chi connectivity index (χ3n) is 4.32. The van der Waals surface area contributed by atoms with Gasteiger partial charge in [-0.1, -0.05) is 30.3 Å². The molecule has 138 valence electrons. The van der Waals surface area contributed by atoms with E-state index < -0.39 is 0 Å². The van der Waals surface area contributed by atoms with E-state index in [0.29, 0.717) is 19.7 Å². The van der Waals surface area contributed by atoms with Crippen LogP contribution in [0, 0.1) is 0 Å². The third-order valence-corrected chi connectivity index (χ3v) is 4.32. The van der Waals surface area contributed by atoms with Crippen molar-refractivity contribution in [3.05, 3.63) is 53.3 Å². The van der Waals surface area contributed by atoms with Crippen molar-refractivity contribution >= 4 is 11.8 Å². The van der Waals surface area contributed by atoms with Crippen LogP contribution < -0.4 is 5.32 Å². The molecule has 2 amide bonds. The molecule has 1 aliphatic heterocycles. The molecular weight excluding hydrogens is 332 g/mol. The van der Waals surface area contributed by atoms with Crippen molar-refractivity contribution in [1.29, 1.82) is 0 Å². The maximum atomic E-state index is 11.9. The molecule has 0 radical (unpaired) electrons. The SMILES string of the molecule is CC(=O)N1CCCn2nc(CNC(=O)COCc3ccccc3)cc2C1. The molecule has 2 aromatic rings. The molecule has 2 heterocycles. The highest BCUT2D eigenvalue weighted by molar-refractivity contribution is 5.77. The van der Waals surface area contributed by atoms with Crippen molar-refractivity contribution in [3.8, 4) is 0 Å². The van der Waals surface area contributed by atoms with Gasteiger partial charge in [-0.25, -0.2) is 0 Å². The molecular formula is C19H24N4O3. The Kier molecular flexibility index (Phi) is 6.01. The Hall–Kier alpha value is -2.67. The van der Waals surface area contributed by atoms with E-state index in [0.717, 1.165) is 36.5 Å². The number of amides is 2. The lowest BCUT2D eigenvalue weighted by Gasteiger charge is -2.17. The Morgan fingerprint density at radius 1 is 1.23 bits per heavy atom. The second-order valence-corrected chi connectivity index (χ2v) is 6.40. The summed E-state index contributed by atoms with van der Waals surface area (Å²) in [6.45, 7) is 4.47. The summed E-state index contributed by atoms with van der Waals surface area (Å²) in [7, 11) is 0. The maximum absolute atomic E-state index is 11.9. The molecule has 1 aromatic heterocycles. The van der Waals surface area contributed by atoms with Gasteiger partial charge in [0.1, 0.15) is 6.61 Å². The van der Waals surface area contributed by atoms with Crippen LogP contribution in [0.3, 0.4) is 0 Å². The largest absolute Gasteiger partial charge is 0.367 e. The van der Waals surface area contributed by atoms with E-state index in [1.807, 2.05) is 46.0 Å². The number of ether oxygens (including phenoxy) is 1. The second kappa shape index (κ2) is 8.62. The monoisotopic (exact) mass is 356 g/mol. The van der Waals surface area contributed by atoms with Crippen LogP contribution in [0.15, 0.2) is 36.4 Å². The third kappa shape index (κ3) is 4.92. The molecule has 0 aliphatic carbocycles. The minimum Gasteiger partial charge on any atom is -0.367 e. The van der Waals surface area contributed by atoms with Crippen molar-refractivity contribution in [2.75, 3.05) is 13.2 Å². The van der Waals surface area contributed by atoms with Crippen LogP contribution in [-0.4, -0.2) is 39.6 Å². The second-order valence-electron chi connectivity index (χ2n) is 6.40. The van der Waals surface area contributed by atoms with Crippen molar-refractivity contribution in [1.82, 2.24) is 20.0 Å². The lowest BCUT2D eigenvalue weighted by molar-refractivity contribution is -0.129. The van der Waals surface area contributed by atoms with Gasteiger partial charge < -0.3 is 15.0 Å². The predicted molar refractivity (Wildman–Crippen MR) is 95.9 cm³/mol. The summed E-state index contributed by atoms with van der Waals surface area (Å²) in [6.07, 6.45) is 0.882. The number of aromatic nitrogens is 2. The predicted octanol–water partition coefficient (Wildman–Crippen LogP) is 1.47. The minimum atomic E-state index is -0.172. The van der Waals surface area contributed by atoms with E-state index in [1.54, 1.807) is 6.92 Å². The molecule has 3 rings (SSSR count). The van der Waals surface area contributed by atoms with Gasteiger partial charge in [0, 0.05) is 20.0 Å². The van der Waals surface area contributed by atoms with E-state index >= 15 is 0 Å². The highest BCUT2D eigenvalue weighted by Gasteiger charge is 2.18. The van der Waals surface area contributed by atoms with Crippen LogP contribution in [0.4, 0.5) is 0 Å². The fourth-order valence-electron chi connectivity index (χ4n) is 2.95. The zero-order valence-electron chi connectivity index (χ0n) is 15.0. The Morgan fingerprint density at radius 3 is 2.81 bits per heavy atom. The smallest absolute Gasteiger partial charge is 0.246 e. The molecule has 0 fully saturated rings. The standard InChI is InChI=1S/C19H24N4O3/c1-15(24)22-8-5-9-23-18(12-22)10-17(21-23)11-20-19(25)14-26-13-16-6-3-2-4-7-16/h2-4,6-7,10H,5,8-9,11-14H2,1H3,(H,20,25). The number of carbonyl (C=O) groups excluding carboxylic acids is 2. The first-order valence-corrected chi connectivity index (χ1v) is 8.81. The lowest BCUT2D eigenvalue weighted by Crippen LogP contribution is -2.28. The Balaban J connectivity index is 1.45. The van der Waals surface area contributed by atoms with Crippen LogP contribution in [0.5, 0.6) is 0 Å². The van der Waals surface area contributed by atoms with Crippen LogP contribution in [0.1, 0.15) is 30.3 Å². The number of aryl methyl sites for hydroxylation is 1. The summed E-state index contributed by atoms with van der Waals surface area (Å²) in [5.41, 5.74) is 2.83. The van der Waals surface area contributed by atoms with Crippen LogP contribution in [0.2, 0.25) is 0 Å². The number of nitrogens with one attached hydrogen (secondary N) is 1. The van der Waals surface area contributed by atoms with Gasteiger partial charge >= 0.3 is 0 Å². The first-order chi connectivity index (χ1) is 12.6. The zero-order valence-corrected chi connectivity index (χ0v) is 15.0. The molecule has 1 N–H and O–H groups in total. The highest BCUT2D eigenvalue weighted by Crippen LogP contribution is 2.14. The molecule has 7 heteroatoms. The van der Waals surface area contributed by atoms with Gasteiger partial charge in [-0.05, 0) is 18.1 Å². The first-order valence-electron chi connectivity index (χ1n) is 8.81. The van der Waals surface area contributed by atoms with E-state index in [1.165, 1.54) is 0 Å². The molecule has 1 aliphatic rings. The van der Waals surface area contributed by atoms with Gasteiger partial charge in [0.25, 0.3) is 0 Å². The van der Waals surface area contributed by atoms with Gasteiger partial charge in [-0.15, -0.1) is 0 Å². The van der Waals surface area contributed by atoms with E-state index in [-0.39, 0.29) is 18.4 Å². The van der Waals surface area contributed by atoms with E-state index in [9.17, 15) is 9.59 Å². The van der Waals surface area contributed by atoms with Crippen molar-refractivity contribution in [2.24, 2.45) is 0 Å². The Labute approximate surface area is 152 Å². The molecule has 7 nitrogen and oxygen atoms in total. The number of fused-ring (bicyclic) bond motifs is 1. The van der Waals surface area contributed by atoms with Gasteiger partial charge in [0.2, 0.25) is 11.8 Å². The normalized spacial score (nSPS) is 13.8. The summed E-state index contributed by atoms with van der Waals surface area (Å²) in [4.78, 5) is 25.4. The van der Waals surface area contributed by atoms with E-state index in [4.69, 9.17) is 4.74 Å². The molecule has 0 unspecified atom stereocenters. The fourth-order valence-corrected chi connectivity index (χ4v) is 2.95. The highest BCUT2D eigenvalue weighted by atomic mass is 16.5. The number of rotatable bonds is 6. The molecule has 26 heavy (non-hydrogen) atoms. The average molecular weight is 356 g/mol. The molecule has 0 saturated heterocycles. The summed E-state index contributed by atoms with van der Waals surface area (Å²) < 4.78 is 7.35. The van der Waals surface area contributed by atoms with Gasteiger partial charge in [0.05, 0.1) is 31.1 Å². The topological polar surface area (TPSA) is 76.5 Å². The van der Waals surface area contributed by atoms with Crippen molar-refractivity contribution in [2.45, 2.75) is 39.6 Å². The zero-order chi connectivity index (χ0) is 18.4. The van der Waals surface area contributed by atoms with Gasteiger partial charge in [-0.2, -0.15) is 5.10 Å². The van der Waals surface area contributed by atoms with Crippen molar-refractivity contribution in [3.63, 3.8) is 0 Å². The summed E-state index contributed by atoms with van der Waals surface area (Å²) in [5.74, 6) is -0.0976. The molecule has 1 aromatic carbocycles. The molecule has 0 bridgehead atoms. The first kappa shape index (κ1) is 18.1.